The van der Waals surface area contributed by atoms with Crippen LogP contribution in [0.2, 0.25) is 0 Å². The number of ether oxygens (including phenoxy) is 3. The number of anilines is 1. The molecule has 5 heteroatoms. The number of hydrogen-bond donors (Lipinski definition) is 1. The average Bonchev–Trinajstić information content (AvgIpc) is 2.52. The molecular weight excluding hydrogens is 268 g/mol. The van der Waals surface area contributed by atoms with Crippen LogP contribution in [0.5, 0.6) is 17.2 Å². The molecule has 0 aromatic heterocycles. The number of methoxy groups -OCH3 is 1. The number of para-hydroxylation sites is 2. The number of hydrogen-bond acceptors (Lipinski definition) is 5. The first-order chi connectivity index (χ1) is 10.2. The molecule has 0 saturated carbocycles. The van der Waals surface area contributed by atoms with Crippen LogP contribution in [0.4, 0.5) is 5.69 Å². The lowest BCUT2D eigenvalue weighted by Crippen LogP contribution is -2.10. The Morgan fingerprint density at radius 2 is 1.67 bits per heavy atom. The number of nitrogen functional groups attached to an aromatic ring is 1. The minimum atomic E-state index is 0.316. The fourth-order valence-electron chi connectivity index (χ4n) is 1.80. The second-order valence-corrected chi connectivity index (χ2v) is 4.22. The zero-order valence-electron chi connectivity index (χ0n) is 11.7. The molecule has 21 heavy (non-hydrogen) atoms. The van der Waals surface area contributed by atoms with Gasteiger partial charge in [0.1, 0.15) is 25.0 Å². The molecule has 0 saturated heterocycles. The van der Waals surface area contributed by atoms with Gasteiger partial charge in [0.2, 0.25) is 0 Å². The Morgan fingerprint density at radius 3 is 2.33 bits per heavy atom. The molecular formula is C16H16N2O3. The van der Waals surface area contributed by atoms with Crippen LogP contribution in [-0.2, 0) is 0 Å². The third-order valence-electron chi connectivity index (χ3n) is 2.79. The molecule has 108 valence electrons. The molecule has 0 aliphatic rings. The molecule has 5 nitrogen and oxygen atoms in total. The maximum atomic E-state index is 9.01. The van der Waals surface area contributed by atoms with Crippen LogP contribution < -0.4 is 19.9 Å². The highest BCUT2D eigenvalue weighted by molar-refractivity contribution is 5.53. The van der Waals surface area contributed by atoms with Crippen molar-refractivity contribution in [3.8, 4) is 23.3 Å². The number of nitrogens with two attached hydrogens (primary N) is 1. The number of nitriles is 1. The summed E-state index contributed by atoms with van der Waals surface area (Å²) in [6, 6.07) is 14.4. The molecule has 0 unspecified atom stereocenters. The Morgan fingerprint density at radius 1 is 1.00 bits per heavy atom. The van der Waals surface area contributed by atoms with Gasteiger partial charge in [-0.1, -0.05) is 12.1 Å². The van der Waals surface area contributed by atoms with Crippen LogP contribution in [0.15, 0.2) is 42.5 Å². The third kappa shape index (κ3) is 3.80. The molecule has 0 spiro atoms. The number of rotatable bonds is 6. The summed E-state index contributed by atoms with van der Waals surface area (Å²) in [4.78, 5) is 0. The van der Waals surface area contributed by atoms with E-state index < -0.39 is 0 Å². The highest BCUT2D eigenvalue weighted by Gasteiger charge is 2.05. The summed E-state index contributed by atoms with van der Waals surface area (Å²) in [7, 11) is 1.59. The van der Waals surface area contributed by atoms with Gasteiger partial charge in [-0.15, -0.1) is 0 Å². The smallest absolute Gasteiger partial charge is 0.161 e. The summed E-state index contributed by atoms with van der Waals surface area (Å²) in [5.41, 5.74) is 6.56. The molecule has 0 fully saturated rings. The van der Waals surface area contributed by atoms with Gasteiger partial charge in [0, 0.05) is 5.69 Å². The lowest BCUT2D eigenvalue weighted by atomic mass is 10.2. The normalized spacial score (nSPS) is 9.71. The first kappa shape index (κ1) is 14.5. The van der Waals surface area contributed by atoms with Gasteiger partial charge in [-0.05, 0) is 30.3 Å². The largest absolute Gasteiger partial charge is 0.493 e. The highest BCUT2D eigenvalue weighted by atomic mass is 16.5. The van der Waals surface area contributed by atoms with E-state index in [0.29, 0.717) is 41.7 Å². The Hall–Kier alpha value is -2.87. The SMILES string of the molecule is COc1ccccc1OCCOc1ccc(N)cc1C#N. The van der Waals surface area contributed by atoms with Gasteiger partial charge >= 0.3 is 0 Å². The summed E-state index contributed by atoms with van der Waals surface area (Å²) >= 11 is 0. The van der Waals surface area contributed by atoms with Gasteiger partial charge in [-0.2, -0.15) is 5.26 Å². The van der Waals surface area contributed by atoms with Crippen molar-refractivity contribution in [2.45, 2.75) is 0 Å². The van der Waals surface area contributed by atoms with E-state index >= 15 is 0 Å². The standard InChI is InChI=1S/C16H16N2O3/c1-19-15-4-2-3-5-16(15)21-9-8-20-14-7-6-13(18)10-12(14)11-17/h2-7,10H,8-9,18H2,1H3. The van der Waals surface area contributed by atoms with Gasteiger partial charge in [0.25, 0.3) is 0 Å². The van der Waals surface area contributed by atoms with Crippen LogP contribution in [0.3, 0.4) is 0 Å². The first-order valence-corrected chi connectivity index (χ1v) is 6.43. The zero-order chi connectivity index (χ0) is 15.1. The van der Waals surface area contributed by atoms with E-state index in [2.05, 4.69) is 0 Å². The van der Waals surface area contributed by atoms with Crippen molar-refractivity contribution in [2.75, 3.05) is 26.1 Å². The lowest BCUT2D eigenvalue weighted by Gasteiger charge is -2.11. The van der Waals surface area contributed by atoms with Gasteiger partial charge in [0.15, 0.2) is 11.5 Å². The van der Waals surface area contributed by atoms with Crippen molar-refractivity contribution >= 4 is 5.69 Å². The van der Waals surface area contributed by atoms with E-state index in [1.165, 1.54) is 0 Å². The van der Waals surface area contributed by atoms with Crippen LogP contribution in [-0.4, -0.2) is 20.3 Å². The summed E-state index contributed by atoms with van der Waals surface area (Å²) in [5.74, 6) is 1.82. The lowest BCUT2D eigenvalue weighted by molar-refractivity contribution is 0.211. The Labute approximate surface area is 123 Å². The molecule has 0 aliphatic heterocycles. The fourth-order valence-corrected chi connectivity index (χ4v) is 1.80. The van der Waals surface area contributed by atoms with E-state index in [1.807, 2.05) is 30.3 Å². The van der Waals surface area contributed by atoms with Crippen molar-refractivity contribution in [1.82, 2.24) is 0 Å². The molecule has 0 heterocycles. The molecule has 2 rings (SSSR count). The summed E-state index contributed by atoms with van der Waals surface area (Å²) in [6.07, 6.45) is 0. The van der Waals surface area contributed by atoms with Crippen molar-refractivity contribution in [3.63, 3.8) is 0 Å². The van der Waals surface area contributed by atoms with Gasteiger partial charge in [-0.3, -0.25) is 0 Å². The van der Waals surface area contributed by atoms with Crippen molar-refractivity contribution in [3.05, 3.63) is 48.0 Å². The van der Waals surface area contributed by atoms with Crippen molar-refractivity contribution < 1.29 is 14.2 Å². The molecule has 2 aromatic carbocycles. The Kier molecular flexibility index (Phi) is 4.89. The fraction of sp³-hybridized carbons (Fsp3) is 0.188. The molecule has 2 aromatic rings. The molecule has 0 aliphatic carbocycles. The van der Waals surface area contributed by atoms with Crippen LogP contribution in [0.1, 0.15) is 5.56 Å². The van der Waals surface area contributed by atoms with Crippen molar-refractivity contribution in [2.24, 2.45) is 0 Å². The average molecular weight is 284 g/mol. The van der Waals surface area contributed by atoms with E-state index in [1.54, 1.807) is 25.3 Å². The van der Waals surface area contributed by atoms with Crippen molar-refractivity contribution in [1.29, 1.82) is 5.26 Å². The van der Waals surface area contributed by atoms with Gasteiger partial charge in [0.05, 0.1) is 12.7 Å². The van der Waals surface area contributed by atoms with E-state index in [4.69, 9.17) is 25.2 Å². The third-order valence-corrected chi connectivity index (χ3v) is 2.79. The van der Waals surface area contributed by atoms with E-state index in [0.717, 1.165) is 0 Å². The minimum Gasteiger partial charge on any atom is -0.493 e. The molecule has 0 bridgehead atoms. The minimum absolute atomic E-state index is 0.316. The Balaban J connectivity index is 1.89. The number of nitrogens with zero attached hydrogens (tertiary/aromatic N) is 1. The predicted octanol–water partition coefficient (Wildman–Crippen LogP) is 2.61. The van der Waals surface area contributed by atoms with Gasteiger partial charge < -0.3 is 19.9 Å². The van der Waals surface area contributed by atoms with Gasteiger partial charge in [-0.25, -0.2) is 0 Å². The monoisotopic (exact) mass is 284 g/mol. The number of benzene rings is 2. The zero-order valence-corrected chi connectivity index (χ0v) is 11.7. The summed E-state index contributed by atoms with van der Waals surface area (Å²) in [5, 5.41) is 9.01. The maximum Gasteiger partial charge on any atom is 0.161 e. The maximum absolute atomic E-state index is 9.01. The van der Waals surface area contributed by atoms with E-state index in [-0.39, 0.29) is 0 Å². The molecule has 2 N–H and O–H groups in total. The van der Waals surface area contributed by atoms with Crippen LogP contribution in [0, 0.1) is 11.3 Å². The molecule has 0 atom stereocenters. The van der Waals surface area contributed by atoms with Crippen LogP contribution >= 0.6 is 0 Å². The topological polar surface area (TPSA) is 77.5 Å². The van der Waals surface area contributed by atoms with E-state index in [9.17, 15) is 0 Å². The summed E-state index contributed by atoms with van der Waals surface area (Å²) < 4.78 is 16.3. The van der Waals surface area contributed by atoms with Crippen LogP contribution in [0.25, 0.3) is 0 Å². The highest BCUT2D eigenvalue weighted by Crippen LogP contribution is 2.25. The first-order valence-electron chi connectivity index (χ1n) is 6.43. The predicted molar refractivity (Wildman–Crippen MR) is 79.6 cm³/mol. The quantitative estimate of drug-likeness (QED) is 0.651. The Bertz CT molecular complexity index is 650. The second-order valence-electron chi connectivity index (χ2n) is 4.22. The molecule has 0 amide bonds. The second kappa shape index (κ2) is 7.06. The molecule has 0 radical (unpaired) electrons. The summed E-state index contributed by atoms with van der Waals surface area (Å²) in [6.45, 7) is 0.659.